The minimum atomic E-state index is -0.411. The van der Waals surface area contributed by atoms with Crippen LogP contribution in [0, 0.1) is 11.8 Å². The van der Waals surface area contributed by atoms with E-state index in [2.05, 4.69) is 15.5 Å². The van der Waals surface area contributed by atoms with Gasteiger partial charge in [-0.1, -0.05) is 12.8 Å². The quantitative estimate of drug-likeness (QED) is 0.775. The maximum Gasteiger partial charge on any atom is 0.246 e. The number of rotatable bonds is 7. The third kappa shape index (κ3) is 4.33. The molecule has 3 rings (SSSR count). The second kappa shape index (κ2) is 8.07. The van der Waals surface area contributed by atoms with E-state index >= 15 is 0 Å². The minimum absolute atomic E-state index is 0.0606. The Hall–Kier alpha value is -1.47. The normalized spacial score (nSPS) is 27.7. The van der Waals surface area contributed by atoms with E-state index < -0.39 is 6.10 Å². The molecule has 1 amide bonds. The molecule has 0 saturated heterocycles. The lowest BCUT2D eigenvalue weighted by molar-refractivity contribution is -0.126. The number of aliphatic hydroxyl groups excluding tert-OH is 1. The van der Waals surface area contributed by atoms with Crippen molar-refractivity contribution in [2.75, 3.05) is 19.8 Å². The minimum Gasteiger partial charge on any atom is -0.393 e. The zero-order chi connectivity index (χ0) is 16.9. The fraction of sp³-hybridized carbons (Fsp3) is 0.824. The third-order valence-corrected chi connectivity index (χ3v) is 5.39. The van der Waals surface area contributed by atoms with E-state index in [1.807, 2.05) is 11.6 Å². The summed E-state index contributed by atoms with van der Waals surface area (Å²) in [6.45, 7) is 1.29. The van der Waals surface area contributed by atoms with E-state index in [1.165, 1.54) is 25.7 Å². The summed E-state index contributed by atoms with van der Waals surface area (Å²) in [5.74, 6) is 1.70. The van der Waals surface area contributed by atoms with Crippen LogP contribution in [-0.2, 0) is 16.6 Å². The maximum atomic E-state index is 11.9. The monoisotopic (exact) mass is 336 g/mol. The molecule has 0 bridgehead atoms. The van der Waals surface area contributed by atoms with Gasteiger partial charge in [-0.05, 0) is 31.6 Å². The number of aromatic nitrogens is 3. The summed E-state index contributed by atoms with van der Waals surface area (Å²) in [7, 11) is 1.92. The molecule has 2 saturated carbocycles. The van der Waals surface area contributed by atoms with Crippen molar-refractivity contribution in [1.29, 1.82) is 0 Å². The van der Waals surface area contributed by atoms with Crippen molar-refractivity contribution in [3.05, 3.63) is 12.2 Å². The molecule has 0 radical (unpaired) electrons. The molecule has 3 atom stereocenters. The van der Waals surface area contributed by atoms with Gasteiger partial charge in [0.25, 0.3) is 0 Å². The highest BCUT2D eigenvalue weighted by molar-refractivity contribution is 5.77. The molecule has 2 fully saturated rings. The fourth-order valence-corrected chi connectivity index (χ4v) is 3.99. The van der Waals surface area contributed by atoms with Gasteiger partial charge in [0.2, 0.25) is 5.91 Å². The van der Waals surface area contributed by atoms with Gasteiger partial charge < -0.3 is 19.7 Å². The van der Waals surface area contributed by atoms with Crippen LogP contribution >= 0.6 is 0 Å². The Morgan fingerprint density at radius 3 is 2.92 bits per heavy atom. The van der Waals surface area contributed by atoms with E-state index in [0.717, 1.165) is 12.2 Å². The van der Waals surface area contributed by atoms with Crippen molar-refractivity contribution in [3.63, 3.8) is 0 Å². The molecule has 24 heavy (non-hydrogen) atoms. The van der Waals surface area contributed by atoms with Crippen LogP contribution < -0.4 is 5.32 Å². The Morgan fingerprint density at radius 1 is 1.42 bits per heavy atom. The summed E-state index contributed by atoms with van der Waals surface area (Å²) < 4.78 is 7.42. The van der Waals surface area contributed by atoms with Gasteiger partial charge in [-0.15, -0.1) is 10.2 Å². The molecule has 134 valence electrons. The number of nitrogens with zero attached hydrogens (tertiary/aromatic N) is 3. The second-order valence-electron chi connectivity index (χ2n) is 7.27. The average molecular weight is 336 g/mol. The number of ether oxygens (including phenoxy) is 1. The van der Waals surface area contributed by atoms with E-state index in [9.17, 15) is 9.90 Å². The Bertz CT molecular complexity index is 542. The van der Waals surface area contributed by atoms with Gasteiger partial charge in [-0.25, -0.2) is 0 Å². The summed E-state index contributed by atoms with van der Waals surface area (Å²) in [6.07, 6.45) is 7.77. The third-order valence-electron chi connectivity index (χ3n) is 5.39. The summed E-state index contributed by atoms with van der Waals surface area (Å²) in [5, 5.41) is 21.2. The van der Waals surface area contributed by atoms with Crippen LogP contribution in [0.15, 0.2) is 6.33 Å². The fourth-order valence-electron chi connectivity index (χ4n) is 3.99. The molecule has 0 aromatic carbocycles. The van der Waals surface area contributed by atoms with E-state index in [1.54, 1.807) is 6.33 Å². The second-order valence-corrected chi connectivity index (χ2v) is 7.27. The number of aryl methyl sites for hydroxylation is 1. The van der Waals surface area contributed by atoms with E-state index in [-0.39, 0.29) is 24.3 Å². The topological polar surface area (TPSA) is 89.3 Å². The number of hydrogen-bond donors (Lipinski definition) is 2. The average Bonchev–Trinajstić information content (AvgIpc) is 3.27. The summed E-state index contributed by atoms with van der Waals surface area (Å²) in [6, 6.07) is 0. The van der Waals surface area contributed by atoms with Gasteiger partial charge in [-0.2, -0.15) is 0 Å². The van der Waals surface area contributed by atoms with Crippen LogP contribution in [0.5, 0.6) is 0 Å². The number of nitrogens with one attached hydrogen (secondary N) is 1. The molecule has 2 aliphatic carbocycles. The molecule has 1 aromatic rings. The lowest BCUT2D eigenvalue weighted by Crippen LogP contribution is -2.35. The predicted molar refractivity (Wildman–Crippen MR) is 88.3 cm³/mol. The molecule has 2 aliphatic rings. The maximum absolute atomic E-state index is 11.9. The Balaban J connectivity index is 1.36. The van der Waals surface area contributed by atoms with Crippen molar-refractivity contribution in [2.24, 2.45) is 18.9 Å². The molecule has 0 spiro atoms. The van der Waals surface area contributed by atoms with Crippen molar-refractivity contribution < 1.29 is 14.6 Å². The predicted octanol–water partition coefficient (Wildman–Crippen LogP) is 0.993. The standard InChI is InChI=1S/C17H28N4O3/c1-21-11-19-20-17(21)13-6-14(15(22)7-13)8-18-16(23)10-24-9-12-4-2-3-5-12/h11-15,22H,2-10H2,1H3,(H,18,23)/t13-,14+,15+/m0/s1. The first-order valence-corrected chi connectivity index (χ1v) is 9.00. The van der Waals surface area contributed by atoms with Crippen LogP contribution in [-0.4, -0.2) is 51.6 Å². The highest BCUT2D eigenvalue weighted by Crippen LogP contribution is 2.37. The first-order valence-electron chi connectivity index (χ1n) is 9.00. The summed E-state index contributed by atoms with van der Waals surface area (Å²) in [4.78, 5) is 11.9. The molecule has 1 aromatic heterocycles. The van der Waals surface area contributed by atoms with Gasteiger partial charge in [0, 0.05) is 25.4 Å². The first-order chi connectivity index (χ1) is 11.6. The molecular formula is C17H28N4O3. The highest BCUT2D eigenvalue weighted by Gasteiger charge is 2.35. The molecule has 2 N–H and O–H groups in total. The summed E-state index contributed by atoms with van der Waals surface area (Å²) >= 11 is 0. The molecular weight excluding hydrogens is 308 g/mol. The highest BCUT2D eigenvalue weighted by atomic mass is 16.5. The van der Waals surface area contributed by atoms with Crippen LogP contribution in [0.1, 0.15) is 50.3 Å². The SMILES string of the molecule is Cn1cnnc1[C@H]1C[C@H](CNC(=O)COCC2CCCC2)[C@H](O)C1. The number of hydrogen-bond acceptors (Lipinski definition) is 5. The van der Waals surface area contributed by atoms with Gasteiger partial charge in [0.15, 0.2) is 0 Å². The Labute approximate surface area is 142 Å². The largest absolute Gasteiger partial charge is 0.393 e. The molecule has 0 aliphatic heterocycles. The molecule has 7 nitrogen and oxygen atoms in total. The molecule has 1 heterocycles. The lowest BCUT2D eigenvalue weighted by Gasteiger charge is -2.15. The van der Waals surface area contributed by atoms with Gasteiger partial charge >= 0.3 is 0 Å². The molecule has 0 unspecified atom stereocenters. The number of carbonyl (C=O) groups is 1. The van der Waals surface area contributed by atoms with Crippen LogP contribution in [0.25, 0.3) is 0 Å². The first kappa shape index (κ1) is 17.4. The zero-order valence-corrected chi connectivity index (χ0v) is 14.4. The van der Waals surface area contributed by atoms with Gasteiger partial charge in [-0.3, -0.25) is 4.79 Å². The number of carbonyl (C=O) groups excluding carboxylic acids is 1. The zero-order valence-electron chi connectivity index (χ0n) is 14.4. The van der Waals surface area contributed by atoms with E-state index in [4.69, 9.17) is 4.74 Å². The molecule has 7 heteroatoms. The number of aliphatic hydroxyl groups is 1. The van der Waals surface area contributed by atoms with Gasteiger partial charge in [0.1, 0.15) is 18.8 Å². The van der Waals surface area contributed by atoms with Crippen molar-refractivity contribution >= 4 is 5.91 Å². The Kier molecular flexibility index (Phi) is 5.84. The lowest BCUT2D eigenvalue weighted by atomic mass is 10.0. The smallest absolute Gasteiger partial charge is 0.246 e. The number of amides is 1. The van der Waals surface area contributed by atoms with Crippen LogP contribution in [0.4, 0.5) is 0 Å². The Morgan fingerprint density at radius 2 is 2.21 bits per heavy atom. The van der Waals surface area contributed by atoms with Crippen molar-refractivity contribution in [3.8, 4) is 0 Å². The van der Waals surface area contributed by atoms with Crippen LogP contribution in [0.3, 0.4) is 0 Å². The van der Waals surface area contributed by atoms with Crippen molar-refractivity contribution in [2.45, 2.75) is 50.5 Å². The van der Waals surface area contributed by atoms with E-state index in [0.29, 0.717) is 25.5 Å². The van der Waals surface area contributed by atoms with Crippen LogP contribution in [0.2, 0.25) is 0 Å². The van der Waals surface area contributed by atoms with Gasteiger partial charge in [0.05, 0.1) is 12.7 Å². The summed E-state index contributed by atoms with van der Waals surface area (Å²) in [5.41, 5.74) is 0. The van der Waals surface area contributed by atoms with Crippen molar-refractivity contribution in [1.82, 2.24) is 20.1 Å².